The Morgan fingerprint density at radius 2 is 1.91 bits per heavy atom. The van der Waals surface area contributed by atoms with E-state index in [2.05, 4.69) is 6.08 Å². The number of piperidine rings is 1. The van der Waals surface area contributed by atoms with Crippen molar-refractivity contribution in [2.75, 3.05) is 13.1 Å². The smallest absolute Gasteiger partial charge is 0.243 e. The normalized spacial score (nSPS) is 21.7. The molecular weight excluding hydrogens is 308 g/mol. The van der Waals surface area contributed by atoms with Gasteiger partial charge >= 0.3 is 0 Å². The first-order valence-electron chi connectivity index (χ1n) is 8.56. The lowest BCUT2D eigenvalue weighted by atomic mass is 10.0. The van der Waals surface area contributed by atoms with E-state index in [4.69, 9.17) is 5.73 Å². The molecule has 1 aromatic rings. The molecule has 1 aliphatic carbocycles. The van der Waals surface area contributed by atoms with Gasteiger partial charge in [0.05, 0.1) is 4.90 Å². The van der Waals surface area contributed by atoms with Gasteiger partial charge in [-0.05, 0) is 61.8 Å². The zero-order valence-corrected chi connectivity index (χ0v) is 14.6. The topological polar surface area (TPSA) is 63.4 Å². The average Bonchev–Trinajstić information content (AvgIpc) is 3.37. The quantitative estimate of drug-likeness (QED) is 0.898. The minimum atomic E-state index is -3.39. The fourth-order valence-corrected chi connectivity index (χ4v) is 4.61. The van der Waals surface area contributed by atoms with E-state index >= 15 is 0 Å². The van der Waals surface area contributed by atoms with Gasteiger partial charge in [-0.25, -0.2) is 8.42 Å². The Morgan fingerprint density at radius 1 is 1.22 bits per heavy atom. The number of benzene rings is 1. The van der Waals surface area contributed by atoms with Crippen LogP contribution < -0.4 is 5.73 Å². The van der Waals surface area contributed by atoms with E-state index in [-0.39, 0.29) is 6.04 Å². The van der Waals surface area contributed by atoms with E-state index in [1.165, 1.54) is 12.8 Å². The summed E-state index contributed by atoms with van der Waals surface area (Å²) in [6.07, 6.45) is 9.71. The second kappa shape index (κ2) is 6.75. The van der Waals surface area contributed by atoms with Crippen LogP contribution in [0.3, 0.4) is 0 Å². The molecule has 0 unspecified atom stereocenters. The van der Waals surface area contributed by atoms with Gasteiger partial charge in [-0.15, -0.1) is 0 Å². The third-order valence-electron chi connectivity index (χ3n) is 4.67. The summed E-state index contributed by atoms with van der Waals surface area (Å²) in [5.74, 6) is 0.651. The van der Waals surface area contributed by atoms with Crippen molar-refractivity contribution in [2.45, 2.75) is 50.0 Å². The minimum absolute atomic E-state index is 0.111. The van der Waals surface area contributed by atoms with Crippen LogP contribution in [0.1, 0.15) is 56.2 Å². The summed E-state index contributed by atoms with van der Waals surface area (Å²) in [7, 11) is -3.39. The highest BCUT2D eigenvalue weighted by molar-refractivity contribution is 7.89. The predicted molar refractivity (Wildman–Crippen MR) is 93.4 cm³/mol. The van der Waals surface area contributed by atoms with Gasteiger partial charge in [0.15, 0.2) is 0 Å². The maximum atomic E-state index is 12.8. The molecule has 23 heavy (non-hydrogen) atoms. The Morgan fingerprint density at radius 3 is 2.52 bits per heavy atom. The van der Waals surface area contributed by atoms with Crippen LogP contribution in [0.15, 0.2) is 29.2 Å². The number of hydrogen-bond acceptors (Lipinski definition) is 3. The predicted octanol–water partition coefficient (Wildman–Crippen LogP) is 3.30. The number of sulfonamides is 1. The summed E-state index contributed by atoms with van der Waals surface area (Å²) >= 11 is 0. The Kier molecular flexibility index (Phi) is 4.90. The molecule has 1 aromatic carbocycles. The molecule has 5 heteroatoms. The number of allylic oxidation sites excluding steroid dienone is 1. The van der Waals surface area contributed by atoms with E-state index in [9.17, 15) is 8.42 Å². The van der Waals surface area contributed by atoms with Crippen molar-refractivity contribution in [3.8, 4) is 0 Å². The fraction of sp³-hybridized carbons (Fsp3) is 0.556. The van der Waals surface area contributed by atoms with Gasteiger partial charge in [-0.3, -0.25) is 0 Å². The van der Waals surface area contributed by atoms with Crippen molar-refractivity contribution in [2.24, 2.45) is 11.7 Å². The first kappa shape index (κ1) is 16.7. The molecule has 0 bridgehead atoms. The van der Waals surface area contributed by atoms with Crippen molar-refractivity contribution in [3.63, 3.8) is 0 Å². The summed E-state index contributed by atoms with van der Waals surface area (Å²) in [6, 6.07) is 5.26. The Labute approximate surface area is 139 Å². The Hall–Kier alpha value is -1.17. The third-order valence-corrected chi connectivity index (χ3v) is 6.57. The molecule has 0 amide bonds. The van der Waals surface area contributed by atoms with Gasteiger partial charge in [0.2, 0.25) is 10.0 Å². The molecule has 2 aliphatic rings. The first-order valence-corrected chi connectivity index (χ1v) is 10.0. The van der Waals surface area contributed by atoms with E-state index in [1.54, 1.807) is 16.4 Å². The van der Waals surface area contributed by atoms with Crippen LogP contribution in [-0.4, -0.2) is 25.8 Å². The zero-order chi connectivity index (χ0) is 16.4. The summed E-state index contributed by atoms with van der Waals surface area (Å²) in [5, 5.41) is 0. The minimum Gasteiger partial charge on any atom is -0.324 e. The van der Waals surface area contributed by atoms with Gasteiger partial charge in [-0.1, -0.05) is 24.6 Å². The average molecular weight is 334 g/mol. The van der Waals surface area contributed by atoms with E-state index in [0.717, 1.165) is 30.4 Å². The second-order valence-corrected chi connectivity index (χ2v) is 8.68. The molecule has 1 atom stereocenters. The van der Waals surface area contributed by atoms with Crippen LogP contribution in [0.4, 0.5) is 0 Å². The van der Waals surface area contributed by atoms with Gasteiger partial charge in [0, 0.05) is 19.1 Å². The number of nitrogens with two attached hydrogens (primary N) is 1. The van der Waals surface area contributed by atoms with Gasteiger partial charge in [0.1, 0.15) is 0 Å². The van der Waals surface area contributed by atoms with Crippen LogP contribution >= 0.6 is 0 Å². The van der Waals surface area contributed by atoms with Gasteiger partial charge < -0.3 is 5.73 Å². The highest BCUT2D eigenvalue weighted by Crippen LogP contribution is 2.32. The second-order valence-electron chi connectivity index (χ2n) is 6.74. The molecule has 2 fully saturated rings. The van der Waals surface area contributed by atoms with Gasteiger partial charge in [-0.2, -0.15) is 4.31 Å². The van der Waals surface area contributed by atoms with Crippen LogP contribution in [-0.2, 0) is 10.0 Å². The Balaban J connectivity index is 1.94. The number of hydrogen-bond donors (Lipinski definition) is 1. The Bertz CT molecular complexity index is 685. The monoisotopic (exact) mass is 334 g/mol. The van der Waals surface area contributed by atoms with Crippen LogP contribution in [0.2, 0.25) is 0 Å². The maximum Gasteiger partial charge on any atom is 0.243 e. The molecule has 1 saturated heterocycles. The summed E-state index contributed by atoms with van der Waals surface area (Å²) in [5.41, 5.74) is 7.98. The summed E-state index contributed by atoms with van der Waals surface area (Å²) in [4.78, 5) is 0.388. The molecule has 1 saturated carbocycles. The molecule has 1 aliphatic heterocycles. The molecule has 0 aromatic heterocycles. The van der Waals surface area contributed by atoms with Crippen molar-refractivity contribution in [3.05, 3.63) is 35.4 Å². The zero-order valence-electron chi connectivity index (χ0n) is 13.7. The van der Waals surface area contributed by atoms with Crippen LogP contribution in [0, 0.1) is 5.92 Å². The van der Waals surface area contributed by atoms with Gasteiger partial charge in [0.25, 0.3) is 0 Å². The molecule has 126 valence electrons. The molecule has 3 rings (SSSR count). The third kappa shape index (κ3) is 3.84. The highest BCUT2D eigenvalue weighted by atomic mass is 32.2. The van der Waals surface area contributed by atoms with E-state index in [0.29, 0.717) is 23.9 Å². The summed E-state index contributed by atoms with van der Waals surface area (Å²) < 4.78 is 27.3. The lowest BCUT2D eigenvalue weighted by Gasteiger charge is -2.26. The van der Waals surface area contributed by atoms with Crippen molar-refractivity contribution in [1.29, 1.82) is 0 Å². The molecule has 4 nitrogen and oxygen atoms in total. The SMILES string of the molecule is C[C@@H](N)c1ccc(S(=O)(=O)N2CCCCC2)cc1/C=C/C1CC1. The standard InChI is InChI=1S/C18H26N2O2S/c1-14(19)18-10-9-17(13-16(18)8-7-15-5-6-15)23(21,22)20-11-3-2-4-12-20/h7-10,13-15H,2-6,11-12,19H2,1H3/b8-7+/t14-/m1/s1. The maximum absolute atomic E-state index is 12.8. The molecule has 2 N–H and O–H groups in total. The van der Waals surface area contributed by atoms with E-state index in [1.807, 2.05) is 19.1 Å². The first-order chi connectivity index (χ1) is 11.0. The lowest BCUT2D eigenvalue weighted by molar-refractivity contribution is 0.346. The molecule has 1 heterocycles. The summed E-state index contributed by atoms with van der Waals surface area (Å²) in [6.45, 7) is 3.19. The van der Waals surface area contributed by atoms with Crippen LogP contribution in [0.5, 0.6) is 0 Å². The van der Waals surface area contributed by atoms with Crippen molar-refractivity contribution < 1.29 is 8.42 Å². The van der Waals surface area contributed by atoms with Crippen molar-refractivity contribution >= 4 is 16.1 Å². The molecule has 0 radical (unpaired) electrons. The largest absolute Gasteiger partial charge is 0.324 e. The molecular formula is C18H26N2O2S. The molecule has 0 spiro atoms. The lowest BCUT2D eigenvalue weighted by Crippen LogP contribution is -2.35. The number of nitrogens with zero attached hydrogens (tertiary/aromatic N) is 1. The van der Waals surface area contributed by atoms with Crippen molar-refractivity contribution in [1.82, 2.24) is 4.31 Å². The fourth-order valence-electron chi connectivity index (χ4n) is 3.06. The highest BCUT2D eigenvalue weighted by Gasteiger charge is 2.26. The van der Waals surface area contributed by atoms with Crippen LogP contribution in [0.25, 0.3) is 6.08 Å². The van der Waals surface area contributed by atoms with E-state index < -0.39 is 10.0 Å². The number of rotatable bonds is 5.